The maximum Gasteiger partial charge on any atom is 0.231 e. The van der Waals surface area contributed by atoms with Gasteiger partial charge in [-0.15, -0.1) is 0 Å². The van der Waals surface area contributed by atoms with Crippen LogP contribution in [0.5, 0.6) is 17.2 Å². The van der Waals surface area contributed by atoms with E-state index in [2.05, 4.69) is 16.0 Å². The van der Waals surface area contributed by atoms with Crippen LogP contribution < -0.4 is 14.2 Å². The maximum atomic E-state index is 12.2. The minimum atomic E-state index is 0.211. The topological polar surface area (TPSA) is 76.7 Å². The van der Waals surface area contributed by atoms with Crippen molar-refractivity contribution in [3.05, 3.63) is 71.8 Å². The Kier molecular flexibility index (Phi) is 5.70. The van der Waals surface area contributed by atoms with Crippen LogP contribution in [0.15, 0.2) is 60.7 Å². The predicted molar refractivity (Wildman–Crippen MR) is 138 cm³/mol. The Bertz CT molecular complexity index is 1440. The van der Waals surface area contributed by atoms with Gasteiger partial charge in [-0.1, -0.05) is 12.1 Å². The first kappa shape index (κ1) is 22.4. The third-order valence-corrected chi connectivity index (χ3v) is 6.60. The van der Waals surface area contributed by atoms with E-state index in [0.29, 0.717) is 18.8 Å². The van der Waals surface area contributed by atoms with E-state index in [-0.39, 0.29) is 12.6 Å². The van der Waals surface area contributed by atoms with Gasteiger partial charge < -0.3 is 24.1 Å². The highest BCUT2D eigenvalue weighted by Gasteiger charge is 2.23. The molecule has 2 aliphatic rings. The lowest BCUT2D eigenvalue weighted by atomic mass is 10.0. The van der Waals surface area contributed by atoms with Crippen LogP contribution in [-0.2, 0) is 6.42 Å². The van der Waals surface area contributed by atoms with Gasteiger partial charge in [0, 0.05) is 35.2 Å². The summed E-state index contributed by atoms with van der Waals surface area (Å²) in [5.74, 6) is 3.25. The summed E-state index contributed by atoms with van der Waals surface area (Å²) in [5, 5.41) is 0. The highest BCUT2D eigenvalue weighted by molar-refractivity contribution is 6.01. The SMILES string of the molecule is CN(C)CCOc1ccc(-c2nc(-c3ccc4c(c3)CCC4=O)c(-c3ccc4c(c3)OCO4)[nH]2)cc1. The lowest BCUT2D eigenvalue weighted by Gasteiger charge is -2.11. The molecule has 0 saturated heterocycles. The Balaban J connectivity index is 1.38. The first-order valence-corrected chi connectivity index (χ1v) is 12.1. The van der Waals surface area contributed by atoms with E-state index in [1.165, 1.54) is 0 Å². The zero-order chi connectivity index (χ0) is 24.6. The number of carbonyl (C=O) groups excluding carboxylic acids is 1. The number of benzene rings is 3. The Labute approximate surface area is 209 Å². The highest BCUT2D eigenvalue weighted by Crippen LogP contribution is 2.40. The second kappa shape index (κ2) is 9.17. The zero-order valence-corrected chi connectivity index (χ0v) is 20.3. The van der Waals surface area contributed by atoms with E-state index in [0.717, 1.165) is 69.5 Å². The summed E-state index contributed by atoms with van der Waals surface area (Å²) in [6.45, 7) is 1.71. The number of hydrogen-bond donors (Lipinski definition) is 1. The van der Waals surface area contributed by atoms with Crippen molar-refractivity contribution in [2.24, 2.45) is 0 Å². The highest BCUT2D eigenvalue weighted by atomic mass is 16.7. The van der Waals surface area contributed by atoms with Crippen molar-refractivity contribution in [2.45, 2.75) is 12.8 Å². The molecule has 0 atom stereocenters. The summed E-state index contributed by atoms with van der Waals surface area (Å²) in [5.41, 5.74) is 6.51. The molecule has 0 bridgehead atoms. The third kappa shape index (κ3) is 4.22. The van der Waals surface area contributed by atoms with Crippen molar-refractivity contribution in [3.8, 4) is 51.2 Å². The lowest BCUT2D eigenvalue weighted by molar-refractivity contribution is 0.0994. The summed E-state index contributed by atoms with van der Waals surface area (Å²) in [7, 11) is 4.05. The quantitative estimate of drug-likeness (QED) is 0.391. The fourth-order valence-electron chi connectivity index (χ4n) is 4.64. The van der Waals surface area contributed by atoms with Gasteiger partial charge in [0.15, 0.2) is 17.3 Å². The number of ether oxygens (including phenoxy) is 3. The second-order valence-corrected chi connectivity index (χ2v) is 9.35. The van der Waals surface area contributed by atoms with Crippen LogP contribution in [0, 0.1) is 0 Å². The van der Waals surface area contributed by atoms with E-state index < -0.39 is 0 Å². The number of fused-ring (bicyclic) bond motifs is 2. The minimum Gasteiger partial charge on any atom is -0.492 e. The van der Waals surface area contributed by atoms with E-state index in [4.69, 9.17) is 19.2 Å². The molecule has 0 unspecified atom stereocenters. The molecule has 1 aliphatic heterocycles. The normalized spacial score (nSPS) is 13.9. The Morgan fingerprint density at radius 2 is 1.69 bits per heavy atom. The molecule has 36 heavy (non-hydrogen) atoms. The summed E-state index contributed by atoms with van der Waals surface area (Å²) in [6, 6.07) is 19.9. The van der Waals surface area contributed by atoms with E-state index in [1.54, 1.807) is 0 Å². The van der Waals surface area contributed by atoms with Crippen LogP contribution in [0.1, 0.15) is 22.3 Å². The molecule has 0 saturated carbocycles. The van der Waals surface area contributed by atoms with Gasteiger partial charge in [0.25, 0.3) is 0 Å². The van der Waals surface area contributed by atoms with Crippen molar-refractivity contribution < 1.29 is 19.0 Å². The van der Waals surface area contributed by atoms with Gasteiger partial charge in [0.05, 0.1) is 11.4 Å². The first-order chi connectivity index (χ1) is 17.5. The molecule has 182 valence electrons. The van der Waals surface area contributed by atoms with Gasteiger partial charge in [-0.05, 0) is 74.6 Å². The fraction of sp³-hybridized carbons (Fsp3) is 0.241. The number of ketones is 1. The van der Waals surface area contributed by atoms with Gasteiger partial charge in [-0.3, -0.25) is 4.79 Å². The second-order valence-electron chi connectivity index (χ2n) is 9.35. The van der Waals surface area contributed by atoms with Crippen LogP contribution in [0.2, 0.25) is 0 Å². The molecular formula is C29H27N3O4. The Morgan fingerprint density at radius 3 is 2.53 bits per heavy atom. The van der Waals surface area contributed by atoms with E-state index >= 15 is 0 Å². The largest absolute Gasteiger partial charge is 0.492 e. The number of Topliss-reactive ketones (excluding diaryl/α,β-unsaturated/α-hetero) is 1. The Morgan fingerprint density at radius 1 is 0.917 bits per heavy atom. The van der Waals surface area contributed by atoms with E-state index in [9.17, 15) is 4.79 Å². The Hall–Kier alpha value is -4.10. The van der Waals surface area contributed by atoms with Crippen molar-refractivity contribution in [1.29, 1.82) is 0 Å². The summed E-state index contributed by atoms with van der Waals surface area (Å²) < 4.78 is 17.0. The molecule has 6 rings (SSSR count). The van der Waals surface area contributed by atoms with Gasteiger partial charge in [0.1, 0.15) is 18.2 Å². The number of likely N-dealkylation sites (N-methyl/N-ethyl adjacent to an activating group) is 1. The number of rotatable bonds is 7. The van der Waals surface area contributed by atoms with Crippen molar-refractivity contribution in [1.82, 2.24) is 14.9 Å². The smallest absolute Gasteiger partial charge is 0.231 e. The molecule has 1 aliphatic carbocycles. The van der Waals surface area contributed by atoms with Crippen LogP contribution in [0.25, 0.3) is 33.9 Å². The number of imidazole rings is 1. The summed E-state index contributed by atoms with van der Waals surface area (Å²) in [4.78, 5) is 22.8. The number of nitrogens with zero attached hydrogens (tertiary/aromatic N) is 2. The zero-order valence-electron chi connectivity index (χ0n) is 20.3. The average Bonchev–Trinajstić information content (AvgIpc) is 3.62. The maximum absolute atomic E-state index is 12.2. The predicted octanol–water partition coefficient (Wildman–Crippen LogP) is 5.21. The number of aryl methyl sites for hydroxylation is 1. The van der Waals surface area contributed by atoms with Gasteiger partial charge in [-0.25, -0.2) is 4.98 Å². The molecule has 2 heterocycles. The van der Waals surface area contributed by atoms with Crippen LogP contribution >= 0.6 is 0 Å². The summed E-state index contributed by atoms with van der Waals surface area (Å²) in [6.07, 6.45) is 1.34. The summed E-state index contributed by atoms with van der Waals surface area (Å²) >= 11 is 0. The van der Waals surface area contributed by atoms with Crippen molar-refractivity contribution in [2.75, 3.05) is 34.0 Å². The number of carbonyl (C=O) groups is 1. The van der Waals surface area contributed by atoms with Crippen molar-refractivity contribution in [3.63, 3.8) is 0 Å². The molecule has 0 radical (unpaired) electrons. The number of hydrogen-bond acceptors (Lipinski definition) is 6. The molecule has 1 N–H and O–H groups in total. The molecule has 7 heteroatoms. The number of aromatic nitrogens is 2. The average molecular weight is 482 g/mol. The van der Waals surface area contributed by atoms with Gasteiger partial charge in [-0.2, -0.15) is 0 Å². The number of nitrogens with one attached hydrogen (secondary N) is 1. The standard InChI is InChI=1S/C29H27N3O4/c1-32(2)13-14-34-22-8-3-18(4-9-22)29-30-27(20-5-10-23-19(15-20)6-11-24(23)33)28(31-29)21-7-12-25-26(16-21)36-17-35-25/h3-5,7-10,12,15-16H,6,11,13-14,17H2,1-2H3,(H,30,31). The number of H-pyrrole nitrogens is 1. The lowest BCUT2D eigenvalue weighted by Crippen LogP contribution is -2.19. The first-order valence-electron chi connectivity index (χ1n) is 12.1. The number of aromatic amines is 1. The molecule has 3 aromatic carbocycles. The molecule has 0 fully saturated rings. The third-order valence-electron chi connectivity index (χ3n) is 6.60. The fourth-order valence-corrected chi connectivity index (χ4v) is 4.64. The monoisotopic (exact) mass is 481 g/mol. The molecule has 7 nitrogen and oxygen atoms in total. The van der Waals surface area contributed by atoms with Crippen LogP contribution in [0.3, 0.4) is 0 Å². The molecule has 0 amide bonds. The molecular weight excluding hydrogens is 454 g/mol. The van der Waals surface area contributed by atoms with Gasteiger partial charge in [0.2, 0.25) is 6.79 Å². The molecule has 4 aromatic rings. The van der Waals surface area contributed by atoms with Gasteiger partial charge >= 0.3 is 0 Å². The van der Waals surface area contributed by atoms with E-state index in [1.807, 2.05) is 68.7 Å². The molecule has 0 spiro atoms. The van der Waals surface area contributed by atoms with Crippen LogP contribution in [-0.4, -0.2) is 54.7 Å². The van der Waals surface area contributed by atoms with Crippen molar-refractivity contribution >= 4 is 5.78 Å². The molecule has 1 aromatic heterocycles. The van der Waals surface area contributed by atoms with Crippen LogP contribution in [0.4, 0.5) is 0 Å². The minimum absolute atomic E-state index is 0.211.